The molecule has 9 nitrogen and oxygen atoms in total. The molecule has 0 fully saturated rings. The Morgan fingerprint density at radius 2 is 2.00 bits per heavy atom. The number of benzene rings is 2. The number of amides is 1. The van der Waals surface area contributed by atoms with Gasteiger partial charge in [-0.1, -0.05) is 6.07 Å². The van der Waals surface area contributed by atoms with Gasteiger partial charge in [0.2, 0.25) is 0 Å². The maximum absolute atomic E-state index is 13.2. The van der Waals surface area contributed by atoms with Crippen LogP contribution >= 0.6 is 0 Å². The fraction of sp³-hybridized carbons (Fsp3) is 0.167. The van der Waals surface area contributed by atoms with E-state index >= 15 is 0 Å². The van der Waals surface area contributed by atoms with Gasteiger partial charge in [-0.2, -0.15) is 4.68 Å². The van der Waals surface area contributed by atoms with Crippen LogP contribution in [-0.4, -0.2) is 38.2 Å². The number of aliphatic imine (C=N–C) groups is 1. The van der Waals surface area contributed by atoms with Gasteiger partial charge in [0.1, 0.15) is 5.84 Å². The molecule has 0 saturated heterocycles. The number of tetrazole rings is 1. The summed E-state index contributed by atoms with van der Waals surface area (Å²) < 4.78 is 36.7. The SMILES string of the molecule is Cc1nnnn1-c1cccc(C(=O)NC2=Nc3cc4c(cc3C2)OC(F)(F)O4)c1. The van der Waals surface area contributed by atoms with Crippen LogP contribution in [-0.2, 0) is 6.42 Å². The molecule has 29 heavy (non-hydrogen) atoms. The number of aryl methyl sites for hydroxylation is 1. The first kappa shape index (κ1) is 17.2. The standard InChI is InChI=1S/C18H12F2N6O3/c1-9-23-24-25-26(9)12-4-2-3-10(5-12)17(27)22-16-7-11-6-14-15(8-13(11)21-16)29-18(19,20)28-14/h2-6,8H,7H2,1H3,(H,21,22,27). The molecular formula is C18H12F2N6O3. The van der Waals surface area contributed by atoms with Crippen molar-refractivity contribution in [3.63, 3.8) is 0 Å². The number of nitrogens with one attached hydrogen (secondary N) is 1. The number of rotatable bonds is 2. The molecule has 11 heteroatoms. The fourth-order valence-corrected chi connectivity index (χ4v) is 3.16. The van der Waals surface area contributed by atoms with E-state index in [2.05, 4.69) is 35.3 Å². The first-order valence-corrected chi connectivity index (χ1v) is 8.55. The second-order valence-electron chi connectivity index (χ2n) is 6.47. The minimum absolute atomic E-state index is 0.0546. The Morgan fingerprint density at radius 3 is 2.76 bits per heavy atom. The molecule has 2 aromatic carbocycles. The van der Waals surface area contributed by atoms with Crippen molar-refractivity contribution in [2.24, 2.45) is 4.99 Å². The lowest BCUT2D eigenvalue weighted by Gasteiger charge is -2.07. The van der Waals surface area contributed by atoms with Gasteiger partial charge in [0.25, 0.3) is 5.91 Å². The number of amidine groups is 1. The number of ether oxygens (including phenoxy) is 2. The predicted molar refractivity (Wildman–Crippen MR) is 94.8 cm³/mol. The molecule has 0 saturated carbocycles. The quantitative estimate of drug-likeness (QED) is 0.711. The molecule has 2 aliphatic rings. The van der Waals surface area contributed by atoms with Crippen LogP contribution in [0, 0.1) is 6.92 Å². The minimum atomic E-state index is -3.68. The van der Waals surface area contributed by atoms with Crippen molar-refractivity contribution < 1.29 is 23.0 Å². The molecule has 3 heterocycles. The van der Waals surface area contributed by atoms with Crippen LogP contribution in [0.5, 0.6) is 11.5 Å². The van der Waals surface area contributed by atoms with Gasteiger partial charge in [0.05, 0.1) is 11.4 Å². The van der Waals surface area contributed by atoms with E-state index in [1.54, 1.807) is 31.2 Å². The number of carbonyl (C=O) groups is 1. The summed E-state index contributed by atoms with van der Waals surface area (Å²) >= 11 is 0. The van der Waals surface area contributed by atoms with E-state index < -0.39 is 6.29 Å². The summed E-state index contributed by atoms with van der Waals surface area (Å²) in [5.74, 6) is 0.469. The molecular weight excluding hydrogens is 386 g/mol. The lowest BCUT2D eigenvalue weighted by atomic mass is 10.1. The lowest BCUT2D eigenvalue weighted by molar-refractivity contribution is -0.286. The summed E-state index contributed by atoms with van der Waals surface area (Å²) in [6, 6.07) is 9.61. The highest BCUT2D eigenvalue weighted by molar-refractivity contribution is 6.09. The molecule has 3 aromatic rings. The number of aromatic nitrogens is 4. The van der Waals surface area contributed by atoms with Gasteiger partial charge in [0.15, 0.2) is 17.3 Å². The van der Waals surface area contributed by atoms with Crippen LogP contribution < -0.4 is 14.8 Å². The average Bonchev–Trinajstić information content (AvgIpc) is 3.34. The molecule has 146 valence electrons. The van der Waals surface area contributed by atoms with Crippen molar-refractivity contribution in [2.45, 2.75) is 19.6 Å². The third kappa shape index (κ3) is 3.06. The predicted octanol–water partition coefficient (Wildman–Crippen LogP) is 2.31. The number of halogens is 2. The van der Waals surface area contributed by atoms with Gasteiger partial charge >= 0.3 is 6.29 Å². The number of carbonyl (C=O) groups excluding carboxylic acids is 1. The van der Waals surface area contributed by atoms with E-state index in [0.29, 0.717) is 34.2 Å². The molecule has 0 radical (unpaired) electrons. The Kier molecular flexibility index (Phi) is 3.60. The van der Waals surface area contributed by atoms with Crippen LogP contribution in [0.3, 0.4) is 0 Å². The summed E-state index contributed by atoms with van der Waals surface area (Å²) in [4.78, 5) is 16.9. The first-order valence-electron chi connectivity index (χ1n) is 8.55. The number of hydrogen-bond acceptors (Lipinski definition) is 7. The van der Waals surface area contributed by atoms with Crippen LogP contribution in [0.1, 0.15) is 21.7 Å². The number of fused-ring (bicyclic) bond motifs is 2. The molecule has 0 unspecified atom stereocenters. The maximum atomic E-state index is 13.2. The van der Waals surface area contributed by atoms with Crippen molar-refractivity contribution in [3.05, 3.63) is 53.3 Å². The molecule has 1 aromatic heterocycles. The molecule has 0 spiro atoms. The van der Waals surface area contributed by atoms with Gasteiger partial charge in [-0.05, 0) is 47.2 Å². The highest BCUT2D eigenvalue weighted by Gasteiger charge is 2.44. The summed E-state index contributed by atoms with van der Waals surface area (Å²) in [6.45, 7) is 1.75. The zero-order valence-corrected chi connectivity index (χ0v) is 14.9. The second kappa shape index (κ2) is 6.06. The zero-order chi connectivity index (χ0) is 20.2. The zero-order valence-electron chi connectivity index (χ0n) is 14.9. The summed E-state index contributed by atoms with van der Waals surface area (Å²) in [5.41, 5.74) is 2.13. The summed E-state index contributed by atoms with van der Waals surface area (Å²) in [5, 5.41) is 14.0. The molecule has 1 amide bonds. The Bertz CT molecular complexity index is 1190. The van der Waals surface area contributed by atoms with Gasteiger partial charge in [0, 0.05) is 18.1 Å². The van der Waals surface area contributed by atoms with Crippen LogP contribution in [0.25, 0.3) is 5.69 Å². The van der Waals surface area contributed by atoms with E-state index in [9.17, 15) is 13.6 Å². The van der Waals surface area contributed by atoms with Gasteiger partial charge in [-0.15, -0.1) is 13.9 Å². The molecule has 1 N–H and O–H groups in total. The summed E-state index contributed by atoms with van der Waals surface area (Å²) in [7, 11) is 0. The Labute approximate surface area is 162 Å². The highest BCUT2D eigenvalue weighted by atomic mass is 19.3. The minimum Gasteiger partial charge on any atom is -0.395 e. The van der Waals surface area contributed by atoms with Crippen molar-refractivity contribution in [1.29, 1.82) is 0 Å². The average molecular weight is 398 g/mol. The molecule has 2 aliphatic heterocycles. The monoisotopic (exact) mass is 398 g/mol. The third-order valence-corrected chi connectivity index (χ3v) is 4.45. The van der Waals surface area contributed by atoms with E-state index in [4.69, 9.17) is 0 Å². The molecule has 0 bridgehead atoms. The number of alkyl halides is 2. The Hall–Kier alpha value is -3.89. The van der Waals surface area contributed by atoms with Crippen molar-refractivity contribution in [2.75, 3.05) is 0 Å². The Balaban J connectivity index is 1.35. The fourth-order valence-electron chi connectivity index (χ4n) is 3.16. The van der Waals surface area contributed by atoms with Crippen LogP contribution in [0.15, 0.2) is 41.4 Å². The Morgan fingerprint density at radius 1 is 1.21 bits per heavy atom. The second-order valence-corrected chi connectivity index (χ2v) is 6.47. The normalized spacial score (nSPS) is 15.8. The van der Waals surface area contributed by atoms with E-state index in [0.717, 1.165) is 0 Å². The van der Waals surface area contributed by atoms with E-state index in [1.807, 2.05) is 0 Å². The third-order valence-electron chi connectivity index (χ3n) is 4.45. The van der Waals surface area contributed by atoms with E-state index in [-0.39, 0.29) is 23.8 Å². The van der Waals surface area contributed by atoms with Gasteiger partial charge < -0.3 is 14.8 Å². The van der Waals surface area contributed by atoms with Gasteiger partial charge in [-0.3, -0.25) is 4.79 Å². The van der Waals surface area contributed by atoms with Crippen molar-refractivity contribution >= 4 is 17.4 Å². The smallest absolute Gasteiger partial charge is 0.395 e. The molecule has 5 rings (SSSR count). The maximum Gasteiger partial charge on any atom is 0.586 e. The number of nitrogens with zero attached hydrogens (tertiary/aromatic N) is 5. The molecule has 0 atom stereocenters. The highest BCUT2D eigenvalue weighted by Crippen LogP contribution is 2.45. The van der Waals surface area contributed by atoms with Gasteiger partial charge in [-0.25, -0.2) is 4.99 Å². The van der Waals surface area contributed by atoms with Crippen molar-refractivity contribution in [1.82, 2.24) is 25.5 Å². The largest absolute Gasteiger partial charge is 0.586 e. The number of hydrogen-bond donors (Lipinski definition) is 1. The lowest BCUT2D eigenvalue weighted by Crippen LogP contribution is -2.30. The van der Waals surface area contributed by atoms with Crippen LogP contribution in [0.2, 0.25) is 0 Å². The molecule has 0 aliphatic carbocycles. The first-order chi connectivity index (χ1) is 13.9. The summed E-state index contributed by atoms with van der Waals surface area (Å²) in [6.07, 6.45) is -3.41. The van der Waals surface area contributed by atoms with Crippen LogP contribution in [0.4, 0.5) is 14.5 Å². The topological polar surface area (TPSA) is 104 Å². The van der Waals surface area contributed by atoms with E-state index in [1.165, 1.54) is 16.8 Å². The van der Waals surface area contributed by atoms with Crippen molar-refractivity contribution in [3.8, 4) is 17.2 Å².